The van der Waals surface area contributed by atoms with Crippen molar-refractivity contribution in [1.82, 2.24) is 0 Å². The van der Waals surface area contributed by atoms with Crippen molar-refractivity contribution in [1.29, 1.82) is 0 Å². The van der Waals surface area contributed by atoms with E-state index in [2.05, 4.69) is 20.8 Å². The van der Waals surface area contributed by atoms with Crippen molar-refractivity contribution in [2.24, 2.45) is 0 Å². The van der Waals surface area contributed by atoms with E-state index in [0.717, 1.165) is 29.4 Å². The summed E-state index contributed by atoms with van der Waals surface area (Å²) in [5.74, 6) is 0. The van der Waals surface area contributed by atoms with E-state index >= 15 is 0 Å². The fourth-order valence-corrected chi connectivity index (χ4v) is 2.14. The highest BCUT2D eigenvalue weighted by atomic mass is 16.1. The van der Waals surface area contributed by atoms with Crippen LogP contribution in [0, 0.1) is 27.7 Å². The molecule has 1 nitrogen and oxygen atoms in total. The Kier molecular flexibility index (Phi) is 3.10. The van der Waals surface area contributed by atoms with E-state index in [-0.39, 0.29) is 0 Å². The van der Waals surface area contributed by atoms with Crippen LogP contribution < -0.4 is 0 Å². The molecule has 0 heterocycles. The molecule has 0 unspecified atom stereocenters. The van der Waals surface area contributed by atoms with Crippen molar-refractivity contribution < 1.29 is 4.79 Å². The van der Waals surface area contributed by atoms with Gasteiger partial charge in [-0.2, -0.15) is 0 Å². The largest absolute Gasteiger partial charge is 0.298 e. The SMILES string of the molecule is CCc1c(C)c(C)c(C)c(C=O)c1C. The first-order valence-electron chi connectivity index (χ1n) is 5.09. The summed E-state index contributed by atoms with van der Waals surface area (Å²) in [6.45, 7) is 10.4. The fourth-order valence-electron chi connectivity index (χ4n) is 2.14. The minimum Gasteiger partial charge on any atom is -0.298 e. The number of hydrogen-bond acceptors (Lipinski definition) is 1. The van der Waals surface area contributed by atoms with Crippen molar-refractivity contribution in [3.63, 3.8) is 0 Å². The molecule has 1 aromatic rings. The van der Waals surface area contributed by atoms with Gasteiger partial charge in [0.25, 0.3) is 0 Å². The number of benzene rings is 1. The van der Waals surface area contributed by atoms with Gasteiger partial charge in [-0.1, -0.05) is 6.92 Å². The van der Waals surface area contributed by atoms with Gasteiger partial charge in [-0.3, -0.25) is 4.79 Å². The van der Waals surface area contributed by atoms with Crippen molar-refractivity contribution in [3.8, 4) is 0 Å². The van der Waals surface area contributed by atoms with Crippen LogP contribution in [-0.4, -0.2) is 6.29 Å². The van der Waals surface area contributed by atoms with Gasteiger partial charge in [0.05, 0.1) is 0 Å². The maximum atomic E-state index is 11.0. The third-order valence-corrected chi connectivity index (χ3v) is 3.31. The average Bonchev–Trinajstić information content (AvgIpc) is 2.16. The van der Waals surface area contributed by atoms with E-state index in [9.17, 15) is 4.79 Å². The van der Waals surface area contributed by atoms with Gasteiger partial charge < -0.3 is 0 Å². The topological polar surface area (TPSA) is 17.1 Å². The van der Waals surface area contributed by atoms with Gasteiger partial charge in [-0.25, -0.2) is 0 Å². The predicted molar refractivity (Wildman–Crippen MR) is 60.2 cm³/mol. The molecule has 1 rings (SSSR count). The van der Waals surface area contributed by atoms with Gasteiger partial charge >= 0.3 is 0 Å². The molecule has 0 aliphatic carbocycles. The molecule has 0 bridgehead atoms. The Labute approximate surface area is 86.1 Å². The molecule has 0 radical (unpaired) electrons. The van der Waals surface area contributed by atoms with Gasteiger partial charge in [0.2, 0.25) is 0 Å². The second kappa shape index (κ2) is 3.95. The highest BCUT2D eigenvalue weighted by Gasteiger charge is 2.12. The fraction of sp³-hybridized carbons (Fsp3) is 0.462. The van der Waals surface area contributed by atoms with E-state index in [1.165, 1.54) is 16.7 Å². The Morgan fingerprint density at radius 3 is 1.93 bits per heavy atom. The number of carbonyl (C=O) groups is 1. The highest BCUT2D eigenvalue weighted by molar-refractivity contribution is 5.81. The molecule has 0 aliphatic heterocycles. The Morgan fingerprint density at radius 2 is 1.50 bits per heavy atom. The molecule has 0 atom stereocenters. The summed E-state index contributed by atoms with van der Waals surface area (Å²) in [6.07, 6.45) is 1.98. The second-order valence-corrected chi connectivity index (χ2v) is 3.86. The van der Waals surface area contributed by atoms with Crippen LogP contribution in [0.3, 0.4) is 0 Å². The lowest BCUT2D eigenvalue weighted by Crippen LogP contribution is -2.03. The standard InChI is InChI=1S/C13H18O/c1-6-12-9(3)8(2)10(4)13(7-14)11(12)5/h7H,6H2,1-5H3. The van der Waals surface area contributed by atoms with Gasteiger partial charge in [0, 0.05) is 5.56 Å². The third-order valence-electron chi connectivity index (χ3n) is 3.31. The van der Waals surface area contributed by atoms with Crippen LogP contribution in [0.1, 0.15) is 45.1 Å². The van der Waals surface area contributed by atoms with Crippen molar-refractivity contribution in [2.45, 2.75) is 41.0 Å². The number of carbonyl (C=O) groups excluding carboxylic acids is 1. The zero-order chi connectivity index (χ0) is 10.9. The lowest BCUT2D eigenvalue weighted by Gasteiger charge is -2.16. The zero-order valence-corrected chi connectivity index (χ0v) is 9.69. The normalized spacial score (nSPS) is 10.4. The van der Waals surface area contributed by atoms with Gasteiger partial charge in [-0.15, -0.1) is 0 Å². The Morgan fingerprint density at radius 1 is 0.929 bits per heavy atom. The van der Waals surface area contributed by atoms with Gasteiger partial charge in [-0.05, 0) is 61.9 Å². The Hall–Kier alpha value is -1.11. The monoisotopic (exact) mass is 190 g/mol. The maximum absolute atomic E-state index is 11.0. The minimum absolute atomic E-state index is 0.880. The maximum Gasteiger partial charge on any atom is 0.150 e. The molecule has 0 saturated carbocycles. The first-order chi connectivity index (χ1) is 6.54. The summed E-state index contributed by atoms with van der Waals surface area (Å²) in [5, 5.41) is 0. The van der Waals surface area contributed by atoms with Crippen LogP contribution in [0.2, 0.25) is 0 Å². The molecular weight excluding hydrogens is 172 g/mol. The first-order valence-corrected chi connectivity index (χ1v) is 5.09. The van der Waals surface area contributed by atoms with Crippen molar-refractivity contribution in [2.75, 3.05) is 0 Å². The van der Waals surface area contributed by atoms with Crippen LogP contribution in [0.25, 0.3) is 0 Å². The van der Waals surface area contributed by atoms with E-state index in [0.29, 0.717) is 0 Å². The number of rotatable bonds is 2. The smallest absolute Gasteiger partial charge is 0.150 e. The molecular formula is C13H18O. The highest BCUT2D eigenvalue weighted by Crippen LogP contribution is 2.25. The second-order valence-electron chi connectivity index (χ2n) is 3.86. The van der Waals surface area contributed by atoms with E-state index < -0.39 is 0 Å². The molecule has 14 heavy (non-hydrogen) atoms. The zero-order valence-electron chi connectivity index (χ0n) is 9.69. The number of aldehydes is 1. The third kappa shape index (κ3) is 1.47. The summed E-state index contributed by atoms with van der Waals surface area (Å²) >= 11 is 0. The van der Waals surface area contributed by atoms with E-state index in [4.69, 9.17) is 0 Å². The molecule has 0 N–H and O–H groups in total. The van der Waals surface area contributed by atoms with Crippen molar-refractivity contribution in [3.05, 3.63) is 33.4 Å². The average molecular weight is 190 g/mol. The Bertz CT molecular complexity index is 376. The number of hydrogen-bond donors (Lipinski definition) is 0. The van der Waals surface area contributed by atoms with Crippen LogP contribution in [-0.2, 0) is 6.42 Å². The summed E-state index contributed by atoms with van der Waals surface area (Å²) in [6, 6.07) is 0. The summed E-state index contributed by atoms with van der Waals surface area (Å²) in [5.41, 5.74) is 7.10. The molecule has 0 amide bonds. The molecule has 1 heteroatoms. The first kappa shape index (κ1) is 11.0. The van der Waals surface area contributed by atoms with E-state index in [1.807, 2.05) is 13.8 Å². The quantitative estimate of drug-likeness (QED) is 0.654. The van der Waals surface area contributed by atoms with E-state index in [1.54, 1.807) is 0 Å². The van der Waals surface area contributed by atoms with Gasteiger partial charge in [0.1, 0.15) is 0 Å². The molecule has 0 aromatic heterocycles. The van der Waals surface area contributed by atoms with Crippen LogP contribution in [0.5, 0.6) is 0 Å². The minimum atomic E-state index is 0.880. The molecule has 76 valence electrons. The molecule has 0 aliphatic rings. The summed E-state index contributed by atoms with van der Waals surface area (Å²) in [7, 11) is 0. The predicted octanol–water partition coefficient (Wildman–Crippen LogP) is 3.30. The molecule has 0 spiro atoms. The molecule has 0 saturated heterocycles. The summed E-state index contributed by atoms with van der Waals surface area (Å²) < 4.78 is 0. The lowest BCUT2D eigenvalue weighted by atomic mass is 9.88. The lowest BCUT2D eigenvalue weighted by molar-refractivity contribution is 0.112. The van der Waals surface area contributed by atoms with Crippen LogP contribution in [0.4, 0.5) is 0 Å². The van der Waals surface area contributed by atoms with Crippen molar-refractivity contribution >= 4 is 6.29 Å². The molecule has 1 aromatic carbocycles. The molecule has 0 fully saturated rings. The van der Waals surface area contributed by atoms with Gasteiger partial charge in [0.15, 0.2) is 6.29 Å². The Balaban J connectivity index is 3.64. The van der Waals surface area contributed by atoms with Crippen LogP contribution >= 0.6 is 0 Å². The van der Waals surface area contributed by atoms with Crippen LogP contribution in [0.15, 0.2) is 0 Å². The summed E-state index contributed by atoms with van der Waals surface area (Å²) in [4.78, 5) is 11.0.